The van der Waals surface area contributed by atoms with Crippen LogP contribution in [0.5, 0.6) is 0 Å². The van der Waals surface area contributed by atoms with Crippen LogP contribution in [0, 0.1) is 5.92 Å². The van der Waals surface area contributed by atoms with Crippen molar-refractivity contribution in [3.05, 3.63) is 11.6 Å². The molecule has 0 bridgehead atoms. The van der Waals surface area contributed by atoms with E-state index in [0.29, 0.717) is 25.2 Å². The molecule has 100 valence electrons. The van der Waals surface area contributed by atoms with E-state index in [-0.39, 0.29) is 24.1 Å². The normalized spacial score (nSPS) is 12.1. The fourth-order valence-corrected chi connectivity index (χ4v) is 1.37. The number of hydrogen-bond acceptors (Lipinski definition) is 4. The number of nitrogens with zero attached hydrogens (tertiary/aromatic N) is 2. The number of carboxylic acid groups (broad SMARTS) is 1. The number of amides is 1. The molecule has 1 heterocycles. The summed E-state index contributed by atoms with van der Waals surface area (Å²) in [5.74, 6) is -0.270. The average molecular weight is 254 g/mol. The fraction of sp³-hybridized carbons (Fsp3) is 0.636. The molecule has 3 N–H and O–H groups in total. The molecule has 0 aromatic carbocycles. The van der Waals surface area contributed by atoms with Crippen molar-refractivity contribution in [3.63, 3.8) is 0 Å². The number of aromatic nitrogens is 3. The molecule has 7 nitrogen and oxygen atoms in total. The van der Waals surface area contributed by atoms with Crippen LogP contribution in [0.3, 0.4) is 0 Å². The predicted molar refractivity (Wildman–Crippen MR) is 64.1 cm³/mol. The van der Waals surface area contributed by atoms with Crippen molar-refractivity contribution in [2.45, 2.75) is 33.1 Å². The van der Waals surface area contributed by atoms with E-state index in [1.807, 2.05) is 13.8 Å². The van der Waals surface area contributed by atoms with Gasteiger partial charge in [-0.3, -0.25) is 14.7 Å². The summed E-state index contributed by atoms with van der Waals surface area (Å²) in [4.78, 5) is 26.0. The first-order valence-electron chi connectivity index (χ1n) is 5.94. The quantitative estimate of drug-likeness (QED) is 0.660. The van der Waals surface area contributed by atoms with E-state index in [1.165, 1.54) is 0 Å². The Morgan fingerprint density at radius 3 is 2.78 bits per heavy atom. The number of aromatic amines is 1. The molecule has 0 aliphatic rings. The van der Waals surface area contributed by atoms with Gasteiger partial charge in [-0.15, -0.1) is 5.10 Å². The van der Waals surface area contributed by atoms with Crippen LogP contribution in [0.1, 0.15) is 43.1 Å². The lowest BCUT2D eigenvalue weighted by molar-refractivity contribution is -0.137. The molecule has 7 heteroatoms. The highest BCUT2D eigenvalue weighted by Gasteiger charge is 2.13. The summed E-state index contributed by atoms with van der Waals surface area (Å²) in [7, 11) is 0. The van der Waals surface area contributed by atoms with Crippen LogP contribution in [-0.4, -0.2) is 38.7 Å². The van der Waals surface area contributed by atoms with Crippen LogP contribution >= 0.6 is 0 Å². The van der Waals surface area contributed by atoms with Crippen LogP contribution < -0.4 is 5.32 Å². The van der Waals surface area contributed by atoms with Crippen molar-refractivity contribution < 1.29 is 14.7 Å². The lowest BCUT2D eigenvalue weighted by Crippen LogP contribution is -2.29. The summed E-state index contributed by atoms with van der Waals surface area (Å²) >= 11 is 0. The van der Waals surface area contributed by atoms with E-state index >= 15 is 0 Å². The molecule has 0 aliphatic heterocycles. The molecular formula is C11H18N4O3. The third kappa shape index (κ3) is 4.52. The smallest absolute Gasteiger partial charge is 0.303 e. The largest absolute Gasteiger partial charge is 0.481 e. The van der Waals surface area contributed by atoms with Gasteiger partial charge in [0.25, 0.3) is 5.91 Å². The first kappa shape index (κ1) is 14.1. The Kier molecular flexibility index (Phi) is 5.29. The number of carboxylic acids is 1. The van der Waals surface area contributed by atoms with Crippen LogP contribution in [0.4, 0.5) is 0 Å². The molecule has 18 heavy (non-hydrogen) atoms. The summed E-state index contributed by atoms with van der Waals surface area (Å²) < 4.78 is 0. The highest BCUT2D eigenvalue weighted by atomic mass is 16.4. The molecule has 1 aromatic rings. The fourth-order valence-electron chi connectivity index (χ4n) is 1.37. The van der Waals surface area contributed by atoms with E-state index in [2.05, 4.69) is 20.5 Å². The maximum absolute atomic E-state index is 11.6. The average Bonchev–Trinajstić information content (AvgIpc) is 2.82. The monoisotopic (exact) mass is 254 g/mol. The number of rotatable bonds is 7. The molecular weight excluding hydrogens is 236 g/mol. The summed E-state index contributed by atoms with van der Waals surface area (Å²) in [6.07, 6.45) is 1.33. The second kappa shape index (κ2) is 6.73. The number of carbonyl (C=O) groups is 2. The second-order valence-corrected chi connectivity index (χ2v) is 4.21. The van der Waals surface area contributed by atoms with Gasteiger partial charge in [-0.1, -0.05) is 13.8 Å². The maximum atomic E-state index is 11.6. The van der Waals surface area contributed by atoms with E-state index < -0.39 is 5.97 Å². The van der Waals surface area contributed by atoms with E-state index in [9.17, 15) is 9.59 Å². The van der Waals surface area contributed by atoms with Gasteiger partial charge in [0.05, 0.1) is 0 Å². The summed E-state index contributed by atoms with van der Waals surface area (Å²) in [5.41, 5.74) is 0. The second-order valence-electron chi connectivity index (χ2n) is 4.21. The van der Waals surface area contributed by atoms with Crippen molar-refractivity contribution >= 4 is 11.9 Å². The predicted octanol–water partition coefficient (Wildman–Crippen LogP) is 0.598. The van der Waals surface area contributed by atoms with Gasteiger partial charge in [0, 0.05) is 19.4 Å². The number of H-pyrrole nitrogens is 1. The third-order valence-corrected chi connectivity index (χ3v) is 2.53. The number of hydrogen-bond donors (Lipinski definition) is 3. The lowest BCUT2D eigenvalue weighted by Gasteiger charge is -2.09. The van der Waals surface area contributed by atoms with Crippen molar-refractivity contribution in [2.75, 3.05) is 6.54 Å². The van der Waals surface area contributed by atoms with Gasteiger partial charge in [0.1, 0.15) is 5.82 Å². The Balaban J connectivity index is 2.34. The molecule has 1 atom stereocenters. The number of aliphatic carboxylic acids is 1. The number of nitrogens with one attached hydrogen (secondary N) is 2. The summed E-state index contributed by atoms with van der Waals surface area (Å²) in [6.45, 7) is 4.22. The van der Waals surface area contributed by atoms with Crippen LogP contribution in [0.15, 0.2) is 0 Å². The maximum Gasteiger partial charge on any atom is 0.303 e. The van der Waals surface area contributed by atoms with Crippen LogP contribution in [-0.2, 0) is 11.2 Å². The Labute approximate surface area is 105 Å². The van der Waals surface area contributed by atoms with Crippen molar-refractivity contribution in [2.24, 2.45) is 5.92 Å². The summed E-state index contributed by atoms with van der Waals surface area (Å²) in [6, 6.07) is 0. The lowest BCUT2D eigenvalue weighted by atomic mass is 10.1. The molecule has 0 fully saturated rings. The molecule has 0 radical (unpaired) electrons. The Hall–Kier alpha value is -1.92. The third-order valence-electron chi connectivity index (χ3n) is 2.53. The zero-order chi connectivity index (χ0) is 13.5. The van der Waals surface area contributed by atoms with Crippen molar-refractivity contribution in [1.82, 2.24) is 20.5 Å². The van der Waals surface area contributed by atoms with E-state index in [0.717, 1.165) is 0 Å². The van der Waals surface area contributed by atoms with E-state index in [1.54, 1.807) is 0 Å². The van der Waals surface area contributed by atoms with Gasteiger partial charge in [-0.2, -0.15) is 0 Å². The molecule has 0 spiro atoms. The molecule has 1 amide bonds. The van der Waals surface area contributed by atoms with E-state index in [4.69, 9.17) is 5.11 Å². The van der Waals surface area contributed by atoms with Gasteiger partial charge in [0.2, 0.25) is 5.82 Å². The molecule has 0 saturated carbocycles. The van der Waals surface area contributed by atoms with Gasteiger partial charge in [-0.05, 0) is 12.3 Å². The highest BCUT2D eigenvalue weighted by Crippen LogP contribution is 2.04. The van der Waals surface area contributed by atoms with Crippen LogP contribution in [0.2, 0.25) is 0 Å². The Morgan fingerprint density at radius 1 is 1.50 bits per heavy atom. The highest BCUT2D eigenvalue weighted by molar-refractivity contribution is 5.90. The van der Waals surface area contributed by atoms with Gasteiger partial charge in [-0.25, -0.2) is 4.98 Å². The minimum Gasteiger partial charge on any atom is -0.481 e. The molecule has 0 aliphatic carbocycles. The zero-order valence-corrected chi connectivity index (χ0v) is 10.6. The SMILES string of the molecule is CCc1nc(C(=O)NCC(C)CCC(=O)O)n[nH]1. The van der Waals surface area contributed by atoms with Gasteiger partial charge >= 0.3 is 5.97 Å². The zero-order valence-electron chi connectivity index (χ0n) is 10.6. The minimum atomic E-state index is -0.824. The molecule has 0 saturated heterocycles. The molecule has 1 unspecified atom stereocenters. The standard InChI is InChI=1S/C11H18N4O3/c1-3-8-13-10(15-14-8)11(18)12-6-7(2)4-5-9(16)17/h7H,3-6H2,1-2H3,(H,12,18)(H,16,17)(H,13,14,15). The van der Waals surface area contributed by atoms with Crippen LogP contribution in [0.25, 0.3) is 0 Å². The Bertz CT molecular complexity index is 416. The molecule has 1 rings (SSSR count). The Morgan fingerprint density at radius 2 is 2.22 bits per heavy atom. The topological polar surface area (TPSA) is 108 Å². The number of aryl methyl sites for hydroxylation is 1. The van der Waals surface area contributed by atoms with Gasteiger partial charge in [0.15, 0.2) is 0 Å². The van der Waals surface area contributed by atoms with Crippen molar-refractivity contribution in [1.29, 1.82) is 0 Å². The first-order chi connectivity index (χ1) is 8.52. The molecule has 1 aromatic heterocycles. The minimum absolute atomic E-state index is 0.106. The summed E-state index contributed by atoms with van der Waals surface area (Å²) in [5, 5.41) is 17.7. The first-order valence-corrected chi connectivity index (χ1v) is 5.94. The van der Waals surface area contributed by atoms with Crippen molar-refractivity contribution in [3.8, 4) is 0 Å². The van der Waals surface area contributed by atoms with Gasteiger partial charge < -0.3 is 10.4 Å². The number of carbonyl (C=O) groups excluding carboxylic acids is 1.